The molecule has 4 aromatic carbocycles. The maximum Gasteiger partial charge on any atom is 0.292 e. The quantitative estimate of drug-likeness (QED) is 0.0852. The van der Waals surface area contributed by atoms with Crippen LogP contribution in [-0.4, -0.2) is 102 Å². The van der Waals surface area contributed by atoms with Gasteiger partial charge in [0.15, 0.2) is 0 Å². The Labute approximate surface area is 377 Å². The van der Waals surface area contributed by atoms with Crippen LogP contribution in [0, 0.1) is 0 Å². The van der Waals surface area contributed by atoms with Crippen molar-refractivity contribution < 1.29 is 62.2 Å². The molecule has 8 rings (SSSR count). The Morgan fingerprint density at radius 2 is 1.05 bits per heavy atom. The van der Waals surface area contributed by atoms with Crippen molar-refractivity contribution in [3.63, 3.8) is 0 Å². The smallest absolute Gasteiger partial charge is 0.292 e. The van der Waals surface area contributed by atoms with E-state index >= 15 is 0 Å². The van der Waals surface area contributed by atoms with Crippen LogP contribution in [0.3, 0.4) is 0 Å². The van der Waals surface area contributed by atoms with E-state index in [0.29, 0.717) is 40.0 Å². The van der Waals surface area contributed by atoms with E-state index in [1.54, 1.807) is 66.7 Å². The number of ether oxygens (including phenoxy) is 3. The number of carbonyl (C=O) groups excluding carboxylic acids is 10. The first-order valence-electron chi connectivity index (χ1n) is 20.7. The third-order valence-electron chi connectivity index (χ3n) is 11.5. The molecule has 0 saturated carbocycles. The van der Waals surface area contributed by atoms with Gasteiger partial charge in [0.05, 0.1) is 21.3 Å². The lowest BCUT2D eigenvalue weighted by molar-refractivity contribution is -0.138. The molecule has 2 unspecified atom stereocenters. The minimum absolute atomic E-state index is 0.0299. The van der Waals surface area contributed by atoms with Gasteiger partial charge in [0.2, 0.25) is 29.4 Å². The minimum atomic E-state index is -0.862. The summed E-state index contributed by atoms with van der Waals surface area (Å²) in [7, 11) is 4.19. The molecule has 2 saturated heterocycles. The number of carbonyl (C=O) groups is 10. The summed E-state index contributed by atoms with van der Waals surface area (Å²) >= 11 is 0. The largest absolute Gasteiger partial charge is 0.496 e. The number of methoxy groups -OCH3 is 3. The van der Waals surface area contributed by atoms with Crippen LogP contribution in [-0.2, 0) is 54.9 Å². The van der Waals surface area contributed by atoms with Gasteiger partial charge < -0.3 is 34.6 Å². The fourth-order valence-electron chi connectivity index (χ4n) is 8.06. The number of fused-ring (bicyclic) bond motifs is 2. The Kier molecular flexibility index (Phi) is 13.6. The Morgan fingerprint density at radius 3 is 1.47 bits per heavy atom. The van der Waals surface area contributed by atoms with Crippen molar-refractivity contribution in [3.8, 4) is 17.2 Å². The Balaban J connectivity index is 0.000000199. The van der Waals surface area contributed by atoms with Crippen molar-refractivity contribution in [1.82, 2.24) is 31.1 Å². The molecule has 4 aliphatic rings. The van der Waals surface area contributed by atoms with Crippen LogP contribution in [0.4, 0.5) is 0 Å². The minimum Gasteiger partial charge on any atom is -0.496 e. The van der Waals surface area contributed by atoms with E-state index in [1.807, 2.05) is 0 Å². The van der Waals surface area contributed by atoms with Crippen molar-refractivity contribution in [1.29, 1.82) is 0 Å². The zero-order valence-corrected chi connectivity index (χ0v) is 36.0. The van der Waals surface area contributed by atoms with E-state index in [1.165, 1.54) is 43.3 Å². The summed E-state index contributed by atoms with van der Waals surface area (Å²) in [6.07, 6.45) is 0.942. The molecule has 19 nitrogen and oxygen atoms in total. The van der Waals surface area contributed by atoms with E-state index in [2.05, 4.69) is 21.3 Å². The van der Waals surface area contributed by atoms with Gasteiger partial charge in [-0.1, -0.05) is 54.6 Å². The molecule has 0 radical (unpaired) electrons. The molecular weight excluding hydrogens is 857 g/mol. The number of imide groups is 2. The number of hydrogen-bond donors (Lipinski definition) is 4. The molecule has 0 aliphatic carbocycles. The van der Waals surface area contributed by atoms with E-state index in [0.717, 1.165) is 11.1 Å². The second-order valence-corrected chi connectivity index (χ2v) is 15.6. The molecule has 4 aromatic rings. The lowest BCUT2D eigenvalue weighted by Gasteiger charge is -2.29. The lowest BCUT2D eigenvalue weighted by atomic mass is 10.0. The molecule has 4 heterocycles. The monoisotopic (exact) mass is 900 g/mol. The SMILES string of the molecule is COc1cc(OC)c(C(=O)C(=O)NCc2ccc3c(c2)CN(C2CCC(=O)NC2=O)C3=O)c(OC)c1.O=C1CCC(N2Cc3cc(CNC(=O)C(=O)c4ccccc4)ccc3C2=O)C(=O)N1. The number of Topliss-reactive ketones (excluding diaryl/α,β-unsaturated/α-hetero) is 2. The van der Waals surface area contributed by atoms with Crippen molar-refractivity contribution in [2.24, 2.45) is 0 Å². The van der Waals surface area contributed by atoms with Crippen molar-refractivity contribution >= 4 is 58.8 Å². The summed E-state index contributed by atoms with van der Waals surface area (Å²) in [6, 6.07) is 20.1. The number of rotatable bonds is 13. The molecule has 4 aliphatic heterocycles. The second-order valence-electron chi connectivity index (χ2n) is 15.6. The average Bonchev–Trinajstić information content (AvgIpc) is 3.83. The highest BCUT2D eigenvalue weighted by molar-refractivity contribution is 6.44. The van der Waals surface area contributed by atoms with Crippen LogP contribution in [0.15, 0.2) is 78.9 Å². The standard InChI is InChI=1S/C25H25N3O8.C22H19N3O5/c1-34-15-9-18(35-2)21(19(10-15)36-3)22(30)24(32)26-11-13-4-5-16-14(8-13)12-28(25(16)33)17-6-7-20(29)27-23(17)31;26-18-9-8-17(20(28)24-18)25-12-15-10-13(6-7-16(15)22(25)30)11-23-21(29)19(27)14-4-2-1-3-5-14/h4-5,8-10,17H,6-7,11-12H2,1-3H3,(H,26,32)(H,27,29,31);1-7,10,17H,8-9,11-12H2,(H,23,29)(H,24,26,28). The van der Waals surface area contributed by atoms with Gasteiger partial charge in [-0.2, -0.15) is 0 Å². The highest BCUT2D eigenvalue weighted by Gasteiger charge is 2.40. The highest BCUT2D eigenvalue weighted by Crippen LogP contribution is 2.35. The van der Waals surface area contributed by atoms with Gasteiger partial charge >= 0.3 is 0 Å². The first kappa shape index (κ1) is 45.8. The molecule has 0 spiro atoms. The number of amides is 8. The van der Waals surface area contributed by atoms with Crippen LogP contribution in [0.25, 0.3) is 0 Å². The summed E-state index contributed by atoms with van der Waals surface area (Å²) in [5, 5.41) is 9.72. The van der Waals surface area contributed by atoms with Crippen LogP contribution in [0.5, 0.6) is 17.2 Å². The third kappa shape index (κ3) is 9.64. The molecule has 2 atom stereocenters. The van der Waals surface area contributed by atoms with E-state index in [9.17, 15) is 47.9 Å². The summed E-state index contributed by atoms with van der Waals surface area (Å²) in [5.41, 5.74) is 4.08. The predicted octanol–water partition coefficient (Wildman–Crippen LogP) is 1.92. The number of hydrogen-bond acceptors (Lipinski definition) is 13. The number of piperidine rings is 2. The number of nitrogens with zero attached hydrogens (tertiary/aromatic N) is 2. The predicted molar refractivity (Wildman–Crippen MR) is 230 cm³/mol. The molecule has 0 bridgehead atoms. The van der Waals surface area contributed by atoms with Crippen LogP contribution in [0.1, 0.15) is 89.4 Å². The summed E-state index contributed by atoms with van der Waals surface area (Å²) in [6.45, 7) is 0.634. The van der Waals surface area contributed by atoms with Gasteiger partial charge in [-0.25, -0.2) is 0 Å². The molecule has 4 N–H and O–H groups in total. The van der Waals surface area contributed by atoms with Crippen molar-refractivity contribution in [2.75, 3.05) is 21.3 Å². The normalized spacial score (nSPS) is 17.4. The number of nitrogens with one attached hydrogen (secondary N) is 4. The van der Waals surface area contributed by atoms with Crippen LogP contribution < -0.4 is 35.5 Å². The van der Waals surface area contributed by atoms with Crippen LogP contribution >= 0.6 is 0 Å². The maximum atomic E-state index is 12.9. The fourth-order valence-corrected chi connectivity index (χ4v) is 8.06. The molecule has 19 heteroatoms. The van der Waals surface area contributed by atoms with E-state index in [-0.39, 0.29) is 86.1 Å². The van der Waals surface area contributed by atoms with Gasteiger partial charge in [-0.15, -0.1) is 0 Å². The maximum absolute atomic E-state index is 12.9. The second kappa shape index (κ2) is 19.7. The first-order chi connectivity index (χ1) is 31.7. The molecule has 2 fully saturated rings. The Hall–Kier alpha value is -8.22. The van der Waals surface area contributed by atoms with Gasteiger partial charge in [0.25, 0.3) is 29.4 Å². The fraction of sp³-hybridized carbons (Fsp3) is 0.277. The Morgan fingerprint density at radius 1 is 0.591 bits per heavy atom. The number of ketones is 2. The summed E-state index contributed by atoms with van der Waals surface area (Å²) in [5.74, 6) is -4.52. The van der Waals surface area contributed by atoms with Gasteiger partial charge in [0.1, 0.15) is 34.9 Å². The van der Waals surface area contributed by atoms with Crippen molar-refractivity contribution in [2.45, 2.75) is 63.9 Å². The van der Waals surface area contributed by atoms with Crippen LogP contribution in [0.2, 0.25) is 0 Å². The molecule has 0 aromatic heterocycles. The number of benzene rings is 4. The first-order valence-corrected chi connectivity index (χ1v) is 20.7. The molecular formula is C47H44N6O13. The van der Waals surface area contributed by atoms with Gasteiger partial charge in [-0.05, 0) is 47.2 Å². The topological polar surface area (TPSA) is 253 Å². The zero-order chi connectivity index (χ0) is 47.2. The van der Waals surface area contributed by atoms with Gasteiger partial charge in [-0.3, -0.25) is 58.6 Å². The molecule has 66 heavy (non-hydrogen) atoms. The van der Waals surface area contributed by atoms with E-state index < -0.39 is 47.3 Å². The third-order valence-corrected chi connectivity index (χ3v) is 11.5. The van der Waals surface area contributed by atoms with Crippen molar-refractivity contribution in [3.05, 3.63) is 123 Å². The molecule has 340 valence electrons. The van der Waals surface area contributed by atoms with Gasteiger partial charge in [0, 0.05) is 67.8 Å². The highest BCUT2D eigenvalue weighted by atomic mass is 16.5. The summed E-state index contributed by atoms with van der Waals surface area (Å²) < 4.78 is 15.7. The Bertz CT molecular complexity index is 2680. The van der Waals surface area contributed by atoms with E-state index in [4.69, 9.17) is 14.2 Å². The zero-order valence-electron chi connectivity index (χ0n) is 36.0. The summed E-state index contributed by atoms with van der Waals surface area (Å²) in [4.78, 5) is 125. The molecule has 8 amide bonds. The average molecular weight is 901 g/mol. The lowest BCUT2D eigenvalue weighted by Crippen LogP contribution is -2.52.